The summed E-state index contributed by atoms with van der Waals surface area (Å²) < 4.78 is 18.0. The third-order valence-corrected chi connectivity index (χ3v) is 3.76. The van der Waals surface area contributed by atoms with Gasteiger partial charge in [-0.15, -0.1) is 0 Å². The summed E-state index contributed by atoms with van der Waals surface area (Å²) in [5, 5.41) is 0. The van der Waals surface area contributed by atoms with Gasteiger partial charge in [-0.3, -0.25) is 9.59 Å². The minimum atomic E-state index is -0.395. The topological polar surface area (TPSA) is 46.6 Å². The van der Waals surface area contributed by atoms with E-state index in [1.807, 2.05) is 31.2 Å². The predicted molar refractivity (Wildman–Crippen MR) is 93.6 cm³/mol. The van der Waals surface area contributed by atoms with Crippen LogP contribution in [-0.4, -0.2) is 29.9 Å². The number of carbonyl (C=O) groups excluding carboxylic acids is 2. The molecule has 5 heteroatoms. The van der Waals surface area contributed by atoms with Crippen LogP contribution >= 0.6 is 0 Å². The Morgan fingerprint density at radius 1 is 1.04 bits per heavy atom. The van der Waals surface area contributed by atoms with Crippen molar-refractivity contribution in [3.05, 3.63) is 71.0 Å². The molecule has 0 radical (unpaired) electrons. The Morgan fingerprint density at radius 2 is 1.68 bits per heavy atom. The first kappa shape index (κ1) is 18.6. The van der Waals surface area contributed by atoms with Crippen LogP contribution in [0.4, 0.5) is 4.39 Å². The van der Waals surface area contributed by atoms with Gasteiger partial charge in [0.25, 0.3) is 5.91 Å². The molecule has 132 valence electrons. The van der Waals surface area contributed by atoms with Gasteiger partial charge >= 0.3 is 5.97 Å². The fourth-order valence-corrected chi connectivity index (χ4v) is 2.40. The second-order valence-electron chi connectivity index (χ2n) is 5.77. The third-order valence-electron chi connectivity index (χ3n) is 3.76. The van der Waals surface area contributed by atoms with Crippen LogP contribution in [0, 0.1) is 12.7 Å². The van der Waals surface area contributed by atoms with Gasteiger partial charge in [0, 0.05) is 18.7 Å². The second-order valence-corrected chi connectivity index (χ2v) is 5.77. The van der Waals surface area contributed by atoms with E-state index in [9.17, 15) is 14.0 Å². The van der Waals surface area contributed by atoms with Gasteiger partial charge < -0.3 is 9.64 Å². The van der Waals surface area contributed by atoms with E-state index >= 15 is 0 Å². The molecule has 0 unspecified atom stereocenters. The molecule has 0 aromatic heterocycles. The minimum Gasteiger partial charge on any atom is -0.466 e. The number of carbonyl (C=O) groups is 2. The summed E-state index contributed by atoms with van der Waals surface area (Å²) in [4.78, 5) is 26.0. The number of hydrogen-bond donors (Lipinski definition) is 0. The Bertz CT molecular complexity index is 711. The average Bonchev–Trinajstić information content (AvgIpc) is 2.60. The molecule has 0 atom stereocenters. The van der Waals surface area contributed by atoms with Gasteiger partial charge in [0.15, 0.2) is 0 Å². The van der Waals surface area contributed by atoms with Crippen molar-refractivity contribution < 1.29 is 18.7 Å². The molecule has 0 saturated heterocycles. The molecular formula is C20H22FNO3. The largest absolute Gasteiger partial charge is 0.466 e. The van der Waals surface area contributed by atoms with E-state index in [1.165, 1.54) is 24.3 Å². The van der Waals surface area contributed by atoms with E-state index in [4.69, 9.17) is 4.74 Å². The van der Waals surface area contributed by atoms with Crippen molar-refractivity contribution in [3.8, 4) is 0 Å². The Balaban J connectivity index is 2.14. The predicted octanol–water partition coefficient (Wildman–Crippen LogP) is 3.73. The maximum atomic E-state index is 13.1. The number of rotatable bonds is 7. The second kappa shape index (κ2) is 8.97. The highest BCUT2D eigenvalue weighted by atomic mass is 19.1. The Labute approximate surface area is 147 Å². The summed E-state index contributed by atoms with van der Waals surface area (Å²) in [6.07, 6.45) is 0.118. The molecule has 0 spiro atoms. The zero-order chi connectivity index (χ0) is 18.2. The SMILES string of the molecule is CCOC(=O)CCN(Cc1ccc(C)cc1)C(=O)c1ccc(F)cc1. The first-order chi connectivity index (χ1) is 12.0. The van der Waals surface area contributed by atoms with Gasteiger partial charge in [0.2, 0.25) is 0 Å². The maximum absolute atomic E-state index is 13.1. The Kier molecular flexibility index (Phi) is 6.69. The van der Waals surface area contributed by atoms with Gasteiger partial charge in [-0.2, -0.15) is 0 Å². The monoisotopic (exact) mass is 343 g/mol. The lowest BCUT2D eigenvalue weighted by Crippen LogP contribution is -2.33. The maximum Gasteiger partial charge on any atom is 0.307 e. The first-order valence-electron chi connectivity index (χ1n) is 8.25. The van der Waals surface area contributed by atoms with Crippen molar-refractivity contribution in [2.75, 3.05) is 13.2 Å². The molecule has 0 saturated carbocycles. The summed E-state index contributed by atoms with van der Waals surface area (Å²) in [5.41, 5.74) is 2.48. The van der Waals surface area contributed by atoms with Crippen molar-refractivity contribution in [3.63, 3.8) is 0 Å². The van der Waals surface area contributed by atoms with E-state index in [1.54, 1.807) is 11.8 Å². The van der Waals surface area contributed by atoms with Crippen molar-refractivity contribution in [2.24, 2.45) is 0 Å². The van der Waals surface area contributed by atoms with E-state index in [-0.39, 0.29) is 24.8 Å². The summed E-state index contributed by atoms with van der Waals surface area (Å²) >= 11 is 0. The number of esters is 1. The number of hydrogen-bond acceptors (Lipinski definition) is 3. The summed E-state index contributed by atoms with van der Waals surface area (Å²) in [6.45, 7) is 4.65. The zero-order valence-corrected chi connectivity index (χ0v) is 14.5. The third kappa shape index (κ3) is 5.71. The molecule has 0 aliphatic carbocycles. The number of nitrogens with zero attached hydrogens (tertiary/aromatic N) is 1. The molecule has 0 aliphatic heterocycles. The number of benzene rings is 2. The van der Waals surface area contributed by atoms with E-state index in [0.717, 1.165) is 11.1 Å². The molecule has 1 amide bonds. The smallest absolute Gasteiger partial charge is 0.307 e. The molecule has 2 rings (SSSR count). The number of aryl methyl sites for hydroxylation is 1. The summed E-state index contributed by atoms with van der Waals surface area (Å²) in [6, 6.07) is 13.2. The summed E-state index contributed by atoms with van der Waals surface area (Å²) in [7, 11) is 0. The fraction of sp³-hybridized carbons (Fsp3) is 0.300. The van der Waals surface area contributed by atoms with Crippen LogP contribution < -0.4 is 0 Å². The normalized spacial score (nSPS) is 10.4. The molecule has 0 bridgehead atoms. The van der Waals surface area contributed by atoms with E-state index in [0.29, 0.717) is 18.7 Å². The Morgan fingerprint density at radius 3 is 2.28 bits per heavy atom. The van der Waals surface area contributed by atoms with Crippen LogP contribution in [0.1, 0.15) is 34.8 Å². The molecule has 25 heavy (non-hydrogen) atoms. The van der Waals surface area contributed by atoms with Gasteiger partial charge in [-0.1, -0.05) is 29.8 Å². The van der Waals surface area contributed by atoms with Gasteiger partial charge in [-0.05, 0) is 43.7 Å². The van der Waals surface area contributed by atoms with Crippen LogP contribution in [0.2, 0.25) is 0 Å². The van der Waals surface area contributed by atoms with Gasteiger partial charge in [-0.25, -0.2) is 4.39 Å². The Hall–Kier alpha value is -2.69. The van der Waals surface area contributed by atoms with Crippen LogP contribution in [0.5, 0.6) is 0 Å². The molecule has 2 aromatic carbocycles. The molecule has 0 fully saturated rings. The van der Waals surface area contributed by atoms with Crippen LogP contribution in [0.25, 0.3) is 0 Å². The highest BCUT2D eigenvalue weighted by Gasteiger charge is 2.18. The standard InChI is InChI=1S/C20H22FNO3/c1-3-25-19(23)12-13-22(14-16-6-4-15(2)5-7-16)20(24)17-8-10-18(21)11-9-17/h4-11H,3,12-14H2,1-2H3. The fourth-order valence-electron chi connectivity index (χ4n) is 2.40. The van der Waals surface area contributed by atoms with Gasteiger partial charge in [0.05, 0.1) is 13.0 Å². The molecule has 2 aromatic rings. The van der Waals surface area contributed by atoms with Crippen LogP contribution in [0.3, 0.4) is 0 Å². The first-order valence-corrected chi connectivity index (χ1v) is 8.25. The van der Waals surface area contributed by atoms with Crippen LogP contribution in [0.15, 0.2) is 48.5 Å². The molecule has 0 heterocycles. The van der Waals surface area contributed by atoms with Gasteiger partial charge in [0.1, 0.15) is 5.82 Å². The van der Waals surface area contributed by atoms with Crippen molar-refractivity contribution in [2.45, 2.75) is 26.8 Å². The molecule has 4 nitrogen and oxygen atoms in total. The number of ether oxygens (including phenoxy) is 1. The highest BCUT2D eigenvalue weighted by Crippen LogP contribution is 2.13. The highest BCUT2D eigenvalue weighted by molar-refractivity contribution is 5.94. The summed E-state index contributed by atoms with van der Waals surface area (Å²) in [5.74, 6) is -0.985. The van der Waals surface area contributed by atoms with Crippen molar-refractivity contribution in [1.82, 2.24) is 4.90 Å². The molecule has 0 aliphatic rings. The number of amides is 1. The average molecular weight is 343 g/mol. The number of halogens is 1. The van der Waals surface area contributed by atoms with E-state index in [2.05, 4.69) is 0 Å². The lowest BCUT2D eigenvalue weighted by Gasteiger charge is -2.23. The van der Waals surface area contributed by atoms with Crippen molar-refractivity contribution in [1.29, 1.82) is 0 Å². The minimum absolute atomic E-state index is 0.118. The van der Waals surface area contributed by atoms with E-state index < -0.39 is 5.82 Å². The molecular weight excluding hydrogens is 321 g/mol. The zero-order valence-electron chi connectivity index (χ0n) is 14.5. The lowest BCUT2D eigenvalue weighted by atomic mass is 10.1. The quantitative estimate of drug-likeness (QED) is 0.720. The lowest BCUT2D eigenvalue weighted by molar-refractivity contribution is -0.143. The van der Waals surface area contributed by atoms with Crippen LogP contribution in [-0.2, 0) is 16.1 Å². The molecule has 0 N–H and O–H groups in total. The van der Waals surface area contributed by atoms with Crippen molar-refractivity contribution >= 4 is 11.9 Å².